The fourth-order valence-electron chi connectivity index (χ4n) is 4.73. The number of carbonyl (C=O) groups excluding carboxylic acids is 2. The van der Waals surface area contributed by atoms with Crippen LogP contribution < -0.4 is 19.1 Å². The molecule has 36 heavy (non-hydrogen) atoms. The van der Waals surface area contributed by atoms with Crippen molar-refractivity contribution >= 4 is 23.3 Å². The number of Topliss-reactive ketones (excluding diaryl/α,β-unsaturated/α-hetero) is 1. The summed E-state index contributed by atoms with van der Waals surface area (Å²) in [5.74, 6) is 0.212. The molecule has 2 atom stereocenters. The molecule has 0 saturated carbocycles. The quantitative estimate of drug-likeness (QED) is 0.313. The average Bonchev–Trinajstić information content (AvgIpc) is 3.39. The van der Waals surface area contributed by atoms with Crippen molar-refractivity contribution in [2.24, 2.45) is 0 Å². The van der Waals surface area contributed by atoms with E-state index in [1.54, 1.807) is 60.8 Å². The van der Waals surface area contributed by atoms with Gasteiger partial charge in [0.05, 0.1) is 25.3 Å². The first-order valence-corrected chi connectivity index (χ1v) is 11.8. The van der Waals surface area contributed by atoms with Gasteiger partial charge in [-0.1, -0.05) is 12.1 Å². The van der Waals surface area contributed by atoms with Gasteiger partial charge < -0.3 is 19.3 Å². The van der Waals surface area contributed by atoms with Crippen molar-refractivity contribution in [2.45, 2.75) is 32.4 Å². The molecule has 1 aromatic heterocycles. The molecular formula is C28H26N2O6. The smallest absolute Gasteiger partial charge is 0.301 e. The van der Waals surface area contributed by atoms with Crippen LogP contribution in [0.1, 0.15) is 36.6 Å². The lowest BCUT2D eigenvalue weighted by atomic mass is 9.94. The molecular weight excluding hydrogens is 460 g/mol. The molecule has 1 N–H and O–H groups in total. The van der Waals surface area contributed by atoms with Crippen molar-refractivity contribution in [3.63, 3.8) is 0 Å². The largest absolute Gasteiger partial charge is 0.507 e. The van der Waals surface area contributed by atoms with Gasteiger partial charge in [-0.05, 0) is 67.4 Å². The van der Waals surface area contributed by atoms with E-state index in [0.29, 0.717) is 41.5 Å². The Bertz CT molecular complexity index is 1370. The molecule has 8 heteroatoms. The number of amides is 1. The first-order valence-electron chi connectivity index (χ1n) is 11.8. The molecule has 2 aliphatic rings. The van der Waals surface area contributed by atoms with Crippen LogP contribution in [0, 0.1) is 0 Å². The predicted molar refractivity (Wildman–Crippen MR) is 133 cm³/mol. The highest BCUT2D eigenvalue weighted by Crippen LogP contribution is 2.44. The van der Waals surface area contributed by atoms with Crippen LogP contribution in [0.3, 0.4) is 0 Å². The molecule has 2 unspecified atom stereocenters. The second kappa shape index (κ2) is 9.37. The summed E-state index contributed by atoms with van der Waals surface area (Å²) in [5, 5.41) is 11.4. The number of carbonyl (C=O) groups is 2. The van der Waals surface area contributed by atoms with E-state index in [2.05, 4.69) is 4.98 Å². The number of aliphatic hydroxyl groups is 1. The number of aromatic nitrogens is 1. The fraction of sp³-hybridized carbons (Fsp3) is 0.250. The third-order valence-electron chi connectivity index (χ3n) is 6.31. The number of hydrogen-bond donors (Lipinski definition) is 1. The summed E-state index contributed by atoms with van der Waals surface area (Å²) in [6.07, 6.45) is 2.27. The second-order valence-corrected chi connectivity index (χ2v) is 8.66. The number of rotatable bonds is 6. The zero-order chi connectivity index (χ0) is 25.4. The highest BCUT2D eigenvalue weighted by molar-refractivity contribution is 6.51. The maximum Gasteiger partial charge on any atom is 0.301 e. The second-order valence-electron chi connectivity index (χ2n) is 8.66. The SMILES string of the molecule is CCOc1ccc(C2C(=C(O)c3ccc4c(c3)CC(C)O4)C(=O)C(=O)N2c2ccccn2)cc1OC. The van der Waals surface area contributed by atoms with E-state index >= 15 is 0 Å². The van der Waals surface area contributed by atoms with Crippen molar-refractivity contribution in [1.82, 2.24) is 4.98 Å². The van der Waals surface area contributed by atoms with E-state index in [-0.39, 0.29) is 17.4 Å². The van der Waals surface area contributed by atoms with Crippen LogP contribution in [0.5, 0.6) is 17.2 Å². The molecule has 5 rings (SSSR count). The number of methoxy groups -OCH3 is 1. The van der Waals surface area contributed by atoms with E-state index in [9.17, 15) is 14.7 Å². The van der Waals surface area contributed by atoms with Gasteiger partial charge in [-0.2, -0.15) is 0 Å². The van der Waals surface area contributed by atoms with Crippen molar-refractivity contribution in [3.8, 4) is 17.2 Å². The Morgan fingerprint density at radius 1 is 1.14 bits per heavy atom. The molecule has 2 aliphatic heterocycles. The number of benzene rings is 2. The number of anilines is 1. The zero-order valence-electron chi connectivity index (χ0n) is 20.2. The van der Waals surface area contributed by atoms with Gasteiger partial charge in [0.15, 0.2) is 11.5 Å². The van der Waals surface area contributed by atoms with E-state index in [0.717, 1.165) is 11.3 Å². The van der Waals surface area contributed by atoms with Crippen molar-refractivity contribution < 1.29 is 28.9 Å². The Hall–Kier alpha value is -4.33. The van der Waals surface area contributed by atoms with Crippen molar-refractivity contribution in [3.05, 3.63) is 83.1 Å². The monoisotopic (exact) mass is 486 g/mol. The number of ketones is 1. The minimum absolute atomic E-state index is 0.0243. The van der Waals surface area contributed by atoms with Crippen molar-refractivity contribution in [1.29, 1.82) is 0 Å². The molecule has 3 heterocycles. The van der Waals surface area contributed by atoms with Gasteiger partial charge in [-0.3, -0.25) is 14.5 Å². The van der Waals surface area contributed by atoms with Gasteiger partial charge >= 0.3 is 5.91 Å². The Balaban J connectivity index is 1.69. The van der Waals surface area contributed by atoms with E-state index < -0.39 is 17.7 Å². The van der Waals surface area contributed by atoms with Crippen LogP contribution in [-0.4, -0.2) is 41.6 Å². The minimum Gasteiger partial charge on any atom is -0.507 e. The maximum atomic E-state index is 13.4. The third kappa shape index (κ3) is 3.94. The van der Waals surface area contributed by atoms with Crippen molar-refractivity contribution in [2.75, 3.05) is 18.6 Å². The van der Waals surface area contributed by atoms with E-state index in [4.69, 9.17) is 14.2 Å². The summed E-state index contributed by atoms with van der Waals surface area (Å²) < 4.78 is 16.9. The van der Waals surface area contributed by atoms with Gasteiger partial charge in [-0.15, -0.1) is 0 Å². The summed E-state index contributed by atoms with van der Waals surface area (Å²) in [6, 6.07) is 14.7. The first-order chi connectivity index (χ1) is 17.4. The van der Waals surface area contributed by atoms with E-state index in [1.165, 1.54) is 12.0 Å². The summed E-state index contributed by atoms with van der Waals surface area (Å²) >= 11 is 0. The van der Waals surface area contributed by atoms with Gasteiger partial charge in [0.1, 0.15) is 23.4 Å². The molecule has 8 nitrogen and oxygen atoms in total. The summed E-state index contributed by atoms with van der Waals surface area (Å²) in [4.78, 5) is 32.3. The lowest BCUT2D eigenvalue weighted by molar-refractivity contribution is -0.132. The average molecular weight is 487 g/mol. The molecule has 0 aliphatic carbocycles. The number of aliphatic hydroxyl groups excluding tert-OH is 1. The van der Waals surface area contributed by atoms with E-state index in [1.807, 2.05) is 13.8 Å². The normalized spacial score (nSPS) is 20.2. The molecule has 1 fully saturated rings. The van der Waals surface area contributed by atoms with Crippen LogP contribution >= 0.6 is 0 Å². The maximum absolute atomic E-state index is 13.4. The molecule has 0 bridgehead atoms. The minimum atomic E-state index is -0.923. The highest BCUT2D eigenvalue weighted by atomic mass is 16.5. The Kier molecular flexibility index (Phi) is 6.10. The molecule has 1 amide bonds. The zero-order valence-corrected chi connectivity index (χ0v) is 20.2. The van der Waals surface area contributed by atoms with Crippen LogP contribution in [0.2, 0.25) is 0 Å². The molecule has 1 saturated heterocycles. The van der Waals surface area contributed by atoms with Gasteiger partial charge in [0, 0.05) is 18.2 Å². The topological polar surface area (TPSA) is 98.2 Å². The van der Waals surface area contributed by atoms with Crippen LogP contribution in [0.15, 0.2) is 66.4 Å². The fourth-order valence-corrected chi connectivity index (χ4v) is 4.73. The number of hydrogen-bond acceptors (Lipinski definition) is 7. The van der Waals surface area contributed by atoms with Gasteiger partial charge in [0.2, 0.25) is 0 Å². The predicted octanol–water partition coefficient (Wildman–Crippen LogP) is 4.44. The Labute approximate surface area is 208 Å². The lowest BCUT2D eigenvalue weighted by Crippen LogP contribution is -2.30. The Morgan fingerprint density at radius 2 is 1.97 bits per heavy atom. The standard InChI is InChI=1S/C28H26N2O6/c1-4-35-21-11-8-17(15-22(21)34-3)25-24(27(32)28(33)30(25)23-7-5-6-12-29-23)26(31)18-9-10-20-19(14-18)13-16(2)36-20/h5-12,14-16,25,31H,4,13H2,1-3H3. The molecule has 2 aromatic carbocycles. The van der Waals surface area contributed by atoms with Crippen LogP contribution in [0.4, 0.5) is 5.82 Å². The van der Waals surface area contributed by atoms with Gasteiger partial charge in [-0.25, -0.2) is 4.98 Å². The summed E-state index contributed by atoms with van der Waals surface area (Å²) in [7, 11) is 1.52. The highest BCUT2D eigenvalue weighted by Gasteiger charge is 2.47. The molecule has 184 valence electrons. The first kappa shape index (κ1) is 23.4. The number of nitrogens with zero attached hydrogens (tertiary/aromatic N) is 2. The lowest BCUT2D eigenvalue weighted by Gasteiger charge is -2.25. The summed E-state index contributed by atoms with van der Waals surface area (Å²) in [5.41, 5.74) is 1.92. The molecule has 0 radical (unpaired) electrons. The number of fused-ring (bicyclic) bond motifs is 1. The van der Waals surface area contributed by atoms with Gasteiger partial charge in [0.25, 0.3) is 5.78 Å². The molecule has 0 spiro atoms. The van der Waals surface area contributed by atoms with Crippen LogP contribution in [0.25, 0.3) is 5.76 Å². The third-order valence-corrected chi connectivity index (χ3v) is 6.31. The molecule has 3 aromatic rings. The number of pyridine rings is 1. The number of ether oxygens (including phenoxy) is 3. The Morgan fingerprint density at radius 3 is 2.69 bits per heavy atom. The van der Waals surface area contributed by atoms with Crippen LogP contribution in [-0.2, 0) is 16.0 Å². The summed E-state index contributed by atoms with van der Waals surface area (Å²) in [6.45, 7) is 4.28.